The van der Waals surface area contributed by atoms with Gasteiger partial charge in [-0.05, 0) is 12.2 Å². The van der Waals surface area contributed by atoms with Crippen LogP contribution in [-0.2, 0) is 10.3 Å². The van der Waals surface area contributed by atoms with Gasteiger partial charge in [0.2, 0.25) is 10.3 Å². The van der Waals surface area contributed by atoms with Crippen LogP contribution < -0.4 is 0 Å². The Bertz CT molecular complexity index is 367. The van der Waals surface area contributed by atoms with Crippen LogP contribution in [0.2, 0.25) is 0 Å². The minimum atomic E-state index is -2.23. The van der Waals surface area contributed by atoms with E-state index in [-0.39, 0.29) is 4.86 Å². The molecular formula is C6H4ClNO2S. The largest absolute Gasteiger partial charge is 0.255 e. The molecule has 1 heterocycles. The molecule has 0 N–H and O–H groups in total. The van der Waals surface area contributed by atoms with Crippen molar-refractivity contribution in [1.82, 2.24) is 0 Å². The van der Waals surface area contributed by atoms with Gasteiger partial charge in [-0.1, -0.05) is 11.6 Å². The van der Waals surface area contributed by atoms with Crippen molar-refractivity contribution in [2.75, 3.05) is 0 Å². The SMILES string of the molecule is O=S(=O)=C1C=CN=C1C=CCl. The van der Waals surface area contributed by atoms with Crippen molar-refractivity contribution in [2.24, 2.45) is 4.99 Å². The molecular weight excluding hydrogens is 186 g/mol. The Morgan fingerprint density at radius 2 is 2.27 bits per heavy atom. The second kappa shape index (κ2) is 3.50. The third-order valence-electron chi connectivity index (χ3n) is 1.09. The van der Waals surface area contributed by atoms with E-state index in [2.05, 4.69) is 4.99 Å². The van der Waals surface area contributed by atoms with E-state index in [1.165, 1.54) is 23.9 Å². The molecule has 0 unspecified atom stereocenters. The van der Waals surface area contributed by atoms with Gasteiger partial charge in [0.1, 0.15) is 4.86 Å². The van der Waals surface area contributed by atoms with Crippen LogP contribution in [0.25, 0.3) is 0 Å². The summed E-state index contributed by atoms with van der Waals surface area (Å²) in [6.07, 6.45) is 4.25. The van der Waals surface area contributed by atoms with Crippen LogP contribution >= 0.6 is 11.6 Å². The maximum absolute atomic E-state index is 10.4. The Hall–Kier alpha value is -0.870. The molecule has 0 aromatic rings. The molecule has 0 aromatic heterocycles. The molecule has 5 heteroatoms. The quantitative estimate of drug-likeness (QED) is 0.572. The van der Waals surface area contributed by atoms with Crippen LogP contribution in [0, 0.1) is 0 Å². The molecule has 0 spiro atoms. The number of allylic oxidation sites excluding steroid dienone is 2. The zero-order valence-electron chi connectivity index (χ0n) is 5.36. The lowest BCUT2D eigenvalue weighted by molar-refractivity contribution is 0.627. The molecule has 0 radical (unpaired) electrons. The Morgan fingerprint density at radius 1 is 1.55 bits per heavy atom. The summed E-state index contributed by atoms with van der Waals surface area (Å²) in [4.78, 5) is 3.93. The number of rotatable bonds is 1. The second-order valence-corrected chi connectivity index (χ2v) is 2.88. The molecule has 11 heavy (non-hydrogen) atoms. The average Bonchev–Trinajstić information content (AvgIpc) is 2.36. The van der Waals surface area contributed by atoms with Crippen LogP contribution in [-0.4, -0.2) is 19.0 Å². The van der Waals surface area contributed by atoms with Gasteiger partial charge in [0, 0.05) is 11.7 Å². The summed E-state index contributed by atoms with van der Waals surface area (Å²) in [5.74, 6) is 0. The predicted octanol–water partition coefficient (Wildman–Crippen LogP) is 0.759. The van der Waals surface area contributed by atoms with Gasteiger partial charge < -0.3 is 0 Å². The molecule has 0 aromatic carbocycles. The molecule has 0 saturated carbocycles. The first kappa shape index (κ1) is 8.23. The summed E-state index contributed by atoms with van der Waals surface area (Å²) in [6, 6.07) is 0. The number of aliphatic imine (C=N–C) groups is 1. The lowest BCUT2D eigenvalue weighted by Crippen LogP contribution is -2.05. The van der Waals surface area contributed by atoms with E-state index >= 15 is 0 Å². The van der Waals surface area contributed by atoms with Crippen LogP contribution in [0.5, 0.6) is 0 Å². The maximum Gasteiger partial charge on any atom is 0.223 e. The topological polar surface area (TPSA) is 46.5 Å². The monoisotopic (exact) mass is 189 g/mol. The van der Waals surface area contributed by atoms with E-state index in [0.29, 0.717) is 5.71 Å². The summed E-state index contributed by atoms with van der Waals surface area (Å²) in [5, 5.41) is 0. The van der Waals surface area contributed by atoms with Gasteiger partial charge in [-0.2, -0.15) is 8.42 Å². The molecule has 0 aliphatic carbocycles. The van der Waals surface area contributed by atoms with E-state index in [0.717, 1.165) is 0 Å². The highest BCUT2D eigenvalue weighted by Gasteiger charge is 2.07. The first-order valence-corrected chi connectivity index (χ1v) is 4.24. The van der Waals surface area contributed by atoms with Crippen LogP contribution in [0.4, 0.5) is 0 Å². The Labute approximate surface area is 70.2 Å². The summed E-state index contributed by atoms with van der Waals surface area (Å²) in [5.41, 5.74) is 1.59. The summed E-state index contributed by atoms with van der Waals surface area (Å²) >= 11 is 5.25. The highest BCUT2D eigenvalue weighted by Crippen LogP contribution is 1.98. The van der Waals surface area contributed by atoms with Crippen LogP contribution in [0.1, 0.15) is 0 Å². The van der Waals surface area contributed by atoms with Gasteiger partial charge in [-0.3, -0.25) is 4.99 Å². The molecule has 0 saturated heterocycles. The van der Waals surface area contributed by atoms with E-state index < -0.39 is 10.3 Å². The lowest BCUT2D eigenvalue weighted by Gasteiger charge is -1.85. The first-order valence-electron chi connectivity index (χ1n) is 2.73. The van der Waals surface area contributed by atoms with Crippen molar-refractivity contribution in [2.45, 2.75) is 0 Å². The normalized spacial score (nSPS) is 16.1. The molecule has 0 amide bonds. The summed E-state index contributed by atoms with van der Waals surface area (Å²) in [6.45, 7) is 0. The van der Waals surface area contributed by atoms with Gasteiger partial charge in [0.05, 0.1) is 5.71 Å². The molecule has 0 fully saturated rings. The number of hydrogen-bond acceptors (Lipinski definition) is 3. The standard InChI is InChI=1S/C6H4ClNO2S/c7-3-1-5-6(11(9)10)2-4-8-5/h1-4H. The van der Waals surface area contributed by atoms with E-state index in [9.17, 15) is 8.42 Å². The van der Waals surface area contributed by atoms with Crippen molar-refractivity contribution in [1.29, 1.82) is 0 Å². The van der Waals surface area contributed by atoms with E-state index in [1.807, 2.05) is 0 Å². The predicted molar refractivity (Wildman–Crippen MR) is 45.5 cm³/mol. The summed E-state index contributed by atoms with van der Waals surface area (Å²) < 4.78 is 20.9. The lowest BCUT2D eigenvalue weighted by atomic mass is 10.3. The van der Waals surface area contributed by atoms with Gasteiger partial charge in [0.15, 0.2) is 0 Å². The molecule has 58 valence electrons. The number of halogens is 1. The first-order chi connectivity index (χ1) is 5.25. The smallest absolute Gasteiger partial charge is 0.223 e. The third kappa shape index (κ3) is 1.78. The molecule has 1 aliphatic rings. The fourth-order valence-electron chi connectivity index (χ4n) is 0.660. The molecule has 0 atom stereocenters. The number of nitrogens with zero attached hydrogens (tertiary/aromatic N) is 1. The van der Waals surface area contributed by atoms with Crippen molar-refractivity contribution in [3.8, 4) is 0 Å². The highest BCUT2D eigenvalue weighted by molar-refractivity contribution is 7.75. The van der Waals surface area contributed by atoms with Crippen molar-refractivity contribution in [3.05, 3.63) is 23.9 Å². The fourth-order valence-corrected chi connectivity index (χ4v) is 1.24. The van der Waals surface area contributed by atoms with Crippen LogP contribution in [0.15, 0.2) is 28.9 Å². The van der Waals surface area contributed by atoms with Crippen molar-refractivity contribution in [3.63, 3.8) is 0 Å². The zero-order valence-corrected chi connectivity index (χ0v) is 6.93. The highest BCUT2D eigenvalue weighted by atomic mass is 35.5. The molecule has 0 bridgehead atoms. The van der Waals surface area contributed by atoms with Gasteiger partial charge >= 0.3 is 0 Å². The average molecular weight is 190 g/mol. The summed E-state index contributed by atoms with van der Waals surface area (Å²) in [7, 11) is -2.23. The Kier molecular flexibility index (Phi) is 2.62. The van der Waals surface area contributed by atoms with Crippen molar-refractivity contribution >= 4 is 32.5 Å². The second-order valence-electron chi connectivity index (χ2n) is 1.72. The van der Waals surface area contributed by atoms with E-state index in [1.54, 1.807) is 0 Å². The minimum absolute atomic E-state index is 0.168. The molecule has 1 aliphatic heterocycles. The maximum atomic E-state index is 10.4. The van der Waals surface area contributed by atoms with Gasteiger partial charge in [-0.15, -0.1) is 0 Å². The zero-order chi connectivity index (χ0) is 8.27. The van der Waals surface area contributed by atoms with Gasteiger partial charge in [-0.25, -0.2) is 0 Å². The van der Waals surface area contributed by atoms with Gasteiger partial charge in [0.25, 0.3) is 0 Å². The van der Waals surface area contributed by atoms with Crippen LogP contribution in [0.3, 0.4) is 0 Å². The fraction of sp³-hybridized carbons (Fsp3) is 0. The van der Waals surface area contributed by atoms with Crippen molar-refractivity contribution < 1.29 is 8.42 Å². The van der Waals surface area contributed by atoms with E-state index in [4.69, 9.17) is 11.6 Å². The Morgan fingerprint density at radius 3 is 2.82 bits per heavy atom. The minimum Gasteiger partial charge on any atom is -0.255 e. The molecule has 3 nitrogen and oxygen atoms in total. The third-order valence-corrected chi connectivity index (χ3v) is 1.92. The number of hydrogen-bond donors (Lipinski definition) is 0. The molecule has 1 rings (SSSR count). The Balaban J connectivity index is 3.15.